The number of benzene rings is 2. The predicted molar refractivity (Wildman–Crippen MR) is 109 cm³/mol. The third kappa shape index (κ3) is 5.13. The van der Waals surface area contributed by atoms with Crippen molar-refractivity contribution in [3.8, 4) is 17.2 Å². The van der Waals surface area contributed by atoms with Gasteiger partial charge in [0.25, 0.3) is 11.8 Å². The van der Waals surface area contributed by atoms with E-state index in [1.165, 1.54) is 0 Å². The van der Waals surface area contributed by atoms with Gasteiger partial charge in [0.1, 0.15) is 5.75 Å². The van der Waals surface area contributed by atoms with E-state index >= 15 is 0 Å². The predicted octanol–water partition coefficient (Wildman–Crippen LogP) is 3.11. The highest BCUT2D eigenvalue weighted by Gasteiger charge is 2.22. The fourth-order valence-electron chi connectivity index (χ4n) is 3.14. The summed E-state index contributed by atoms with van der Waals surface area (Å²) < 4.78 is 10.9. The molecular formula is C21H21ClN4O3. The van der Waals surface area contributed by atoms with Crippen molar-refractivity contribution in [2.45, 2.75) is 6.54 Å². The lowest BCUT2D eigenvalue weighted by molar-refractivity contribution is -0.135. The summed E-state index contributed by atoms with van der Waals surface area (Å²) in [5.41, 5.74) is 0.835. The van der Waals surface area contributed by atoms with Gasteiger partial charge >= 0.3 is 0 Å². The molecule has 3 aromatic rings. The van der Waals surface area contributed by atoms with Crippen LogP contribution in [-0.4, -0.2) is 58.6 Å². The van der Waals surface area contributed by atoms with Crippen LogP contribution in [0, 0.1) is 0 Å². The number of hydrogen-bond donors (Lipinski definition) is 0. The second kappa shape index (κ2) is 9.07. The molecule has 29 heavy (non-hydrogen) atoms. The maximum absolute atomic E-state index is 12.4. The SMILES string of the molecule is O=C(COc1ccccc1)N1CCN(Cc2noc(-c3ccc(Cl)cc3)n2)CC1. The first-order valence-electron chi connectivity index (χ1n) is 9.44. The normalized spacial score (nSPS) is 14.7. The van der Waals surface area contributed by atoms with Crippen molar-refractivity contribution in [2.24, 2.45) is 0 Å². The average Bonchev–Trinajstić information content (AvgIpc) is 3.22. The summed E-state index contributed by atoms with van der Waals surface area (Å²) in [4.78, 5) is 20.8. The number of carbonyl (C=O) groups excluding carboxylic acids is 1. The van der Waals surface area contributed by atoms with Gasteiger partial charge in [-0.05, 0) is 36.4 Å². The molecule has 7 nitrogen and oxygen atoms in total. The highest BCUT2D eigenvalue weighted by atomic mass is 35.5. The van der Waals surface area contributed by atoms with Gasteiger partial charge in [0.15, 0.2) is 12.4 Å². The van der Waals surface area contributed by atoms with E-state index in [2.05, 4.69) is 15.0 Å². The van der Waals surface area contributed by atoms with Gasteiger partial charge in [-0.25, -0.2) is 0 Å². The van der Waals surface area contributed by atoms with Crippen LogP contribution in [0.2, 0.25) is 5.02 Å². The number of amides is 1. The van der Waals surface area contributed by atoms with Gasteiger partial charge in [-0.3, -0.25) is 9.69 Å². The second-order valence-electron chi connectivity index (χ2n) is 6.78. The van der Waals surface area contributed by atoms with Crippen LogP contribution in [0.4, 0.5) is 0 Å². The molecule has 1 aromatic heterocycles. The van der Waals surface area contributed by atoms with Crippen LogP contribution < -0.4 is 4.74 Å². The summed E-state index contributed by atoms with van der Waals surface area (Å²) in [7, 11) is 0. The molecule has 1 aliphatic rings. The van der Waals surface area contributed by atoms with E-state index < -0.39 is 0 Å². The molecule has 1 saturated heterocycles. The smallest absolute Gasteiger partial charge is 0.260 e. The van der Waals surface area contributed by atoms with Gasteiger partial charge in [0.2, 0.25) is 0 Å². The molecule has 1 aliphatic heterocycles. The quantitative estimate of drug-likeness (QED) is 0.619. The lowest BCUT2D eigenvalue weighted by atomic mass is 10.2. The van der Waals surface area contributed by atoms with E-state index in [4.69, 9.17) is 20.9 Å². The van der Waals surface area contributed by atoms with Crippen LogP contribution in [-0.2, 0) is 11.3 Å². The van der Waals surface area contributed by atoms with E-state index in [1.807, 2.05) is 47.4 Å². The molecule has 0 bridgehead atoms. The molecule has 0 unspecified atom stereocenters. The number of para-hydroxylation sites is 1. The summed E-state index contributed by atoms with van der Waals surface area (Å²) in [5, 5.41) is 4.73. The van der Waals surface area contributed by atoms with Gasteiger partial charge in [-0.1, -0.05) is 35.0 Å². The Morgan fingerprint density at radius 2 is 1.76 bits per heavy atom. The van der Waals surface area contributed by atoms with Crippen molar-refractivity contribution in [1.82, 2.24) is 19.9 Å². The van der Waals surface area contributed by atoms with Crippen molar-refractivity contribution < 1.29 is 14.1 Å². The van der Waals surface area contributed by atoms with Crippen molar-refractivity contribution in [1.29, 1.82) is 0 Å². The van der Waals surface area contributed by atoms with Crippen LogP contribution in [0.15, 0.2) is 59.1 Å². The van der Waals surface area contributed by atoms with Crippen molar-refractivity contribution in [2.75, 3.05) is 32.8 Å². The Balaban J connectivity index is 1.25. The fourth-order valence-corrected chi connectivity index (χ4v) is 3.26. The van der Waals surface area contributed by atoms with E-state index in [9.17, 15) is 4.79 Å². The van der Waals surface area contributed by atoms with Crippen LogP contribution in [0.25, 0.3) is 11.5 Å². The number of carbonyl (C=O) groups is 1. The van der Waals surface area contributed by atoms with E-state index in [1.54, 1.807) is 12.1 Å². The lowest BCUT2D eigenvalue weighted by Gasteiger charge is -2.33. The number of halogens is 1. The van der Waals surface area contributed by atoms with E-state index in [0.29, 0.717) is 42.1 Å². The van der Waals surface area contributed by atoms with Crippen molar-refractivity contribution in [3.05, 3.63) is 65.4 Å². The second-order valence-corrected chi connectivity index (χ2v) is 7.22. The first-order valence-corrected chi connectivity index (χ1v) is 9.82. The highest BCUT2D eigenvalue weighted by Crippen LogP contribution is 2.20. The zero-order valence-electron chi connectivity index (χ0n) is 15.8. The monoisotopic (exact) mass is 412 g/mol. The average molecular weight is 413 g/mol. The molecule has 8 heteroatoms. The Morgan fingerprint density at radius 3 is 2.48 bits per heavy atom. The first-order chi connectivity index (χ1) is 14.2. The number of piperazine rings is 1. The van der Waals surface area contributed by atoms with Crippen molar-refractivity contribution in [3.63, 3.8) is 0 Å². The Bertz CT molecular complexity index is 938. The Hall–Kier alpha value is -2.90. The lowest BCUT2D eigenvalue weighted by Crippen LogP contribution is -2.49. The van der Waals surface area contributed by atoms with E-state index in [0.717, 1.165) is 18.7 Å². The van der Waals surface area contributed by atoms with Gasteiger partial charge in [-0.2, -0.15) is 4.98 Å². The molecule has 0 saturated carbocycles. The summed E-state index contributed by atoms with van der Waals surface area (Å²) in [6.07, 6.45) is 0. The minimum absolute atomic E-state index is 0.00177. The summed E-state index contributed by atoms with van der Waals surface area (Å²) in [6.45, 7) is 3.44. The minimum Gasteiger partial charge on any atom is -0.484 e. The molecule has 2 heterocycles. The number of ether oxygens (including phenoxy) is 1. The molecule has 1 fully saturated rings. The highest BCUT2D eigenvalue weighted by molar-refractivity contribution is 6.30. The Labute approximate surface area is 173 Å². The first kappa shape index (κ1) is 19.4. The number of aromatic nitrogens is 2. The Kier molecular flexibility index (Phi) is 6.07. The molecule has 1 amide bonds. The molecule has 2 aromatic carbocycles. The molecule has 4 rings (SSSR count). The third-order valence-electron chi connectivity index (χ3n) is 4.75. The van der Waals surface area contributed by atoms with Crippen LogP contribution in [0.3, 0.4) is 0 Å². The summed E-state index contributed by atoms with van der Waals surface area (Å²) in [6, 6.07) is 16.6. The summed E-state index contributed by atoms with van der Waals surface area (Å²) in [5.74, 6) is 1.80. The topological polar surface area (TPSA) is 71.7 Å². The molecular weight excluding hydrogens is 392 g/mol. The van der Waals surface area contributed by atoms with Gasteiger partial charge in [0.05, 0.1) is 6.54 Å². The largest absolute Gasteiger partial charge is 0.484 e. The molecule has 0 N–H and O–H groups in total. The molecule has 0 aliphatic carbocycles. The van der Waals surface area contributed by atoms with Crippen LogP contribution >= 0.6 is 11.6 Å². The van der Waals surface area contributed by atoms with E-state index in [-0.39, 0.29) is 12.5 Å². The maximum atomic E-state index is 12.4. The Morgan fingerprint density at radius 1 is 1.03 bits per heavy atom. The number of rotatable bonds is 6. The number of hydrogen-bond acceptors (Lipinski definition) is 6. The minimum atomic E-state index is -0.00177. The zero-order chi connectivity index (χ0) is 20.1. The molecule has 0 radical (unpaired) electrons. The van der Waals surface area contributed by atoms with Crippen LogP contribution in [0.1, 0.15) is 5.82 Å². The number of nitrogens with zero attached hydrogens (tertiary/aromatic N) is 4. The molecule has 0 atom stereocenters. The molecule has 150 valence electrons. The summed E-state index contributed by atoms with van der Waals surface area (Å²) >= 11 is 5.91. The molecule has 0 spiro atoms. The maximum Gasteiger partial charge on any atom is 0.260 e. The third-order valence-corrected chi connectivity index (χ3v) is 5.01. The fraction of sp³-hybridized carbons (Fsp3) is 0.286. The van der Waals surface area contributed by atoms with Crippen LogP contribution in [0.5, 0.6) is 5.75 Å². The van der Waals surface area contributed by atoms with Gasteiger partial charge < -0.3 is 14.2 Å². The van der Waals surface area contributed by atoms with Crippen molar-refractivity contribution >= 4 is 17.5 Å². The van der Waals surface area contributed by atoms with Gasteiger partial charge in [0, 0.05) is 36.8 Å². The zero-order valence-corrected chi connectivity index (χ0v) is 16.6. The van der Waals surface area contributed by atoms with Gasteiger partial charge in [-0.15, -0.1) is 0 Å². The standard InChI is InChI=1S/C21H21ClN4O3/c22-17-8-6-16(7-9-17)21-23-19(24-29-21)14-25-10-12-26(13-11-25)20(27)15-28-18-4-2-1-3-5-18/h1-9H,10-15H2.